The van der Waals surface area contributed by atoms with Crippen LogP contribution in [0.4, 0.5) is 5.69 Å². The van der Waals surface area contributed by atoms with Gasteiger partial charge in [0.05, 0.1) is 10.0 Å². The Hall–Kier alpha value is -2.43. The standard InChI is InChI=1S/C20H13Br3N4O3/c21-11-1-2-16-13(7-11)20(30)27(26-19(29)10-3-5-24-6-4-10)18(25-16)14-8-12(22)9-15(23)17(14)28/h1-9,18,25,28H,(H,26,29)/t18-/m1/s1. The third-order valence-electron chi connectivity index (χ3n) is 4.50. The van der Waals surface area contributed by atoms with Gasteiger partial charge in [-0.1, -0.05) is 31.9 Å². The minimum atomic E-state index is -0.856. The average molecular weight is 597 g/mol. The van der Waals surface area contributed by atoms with Gasteiger partial charge in [-0.15, -0.1) is 0 Å². The van der Waals surface area contributed by atoms with E-state index in [1.54, 1.807) is 42.5 Å². The molecule has 10 heteroatoms. The summed E-state index contributed by atoms with van der Waals surface area (Å²) in [6.07, 6.45) is 2.13. The smallest absolute Gasteiger partial charge is 0.276 e. The van der Waals surface area contributed by atoms with Gasteiger partial charge in [-0.3, -0.25) is 20.0 Å². The molecule has 30 heavy (non-hydrogen) atoms. The number of halogens is 3. The number of nitrogens with zero attached hydrogens (tertiary/aromatic N) is 2. The van der Waals surface area contributed by atoms with E-state index in [1.807, 2.05) is 0 Å². The fourth-order valence-corrected chi connectivity index (χ4v) is 4.70. The maximum atomic E-state index is 13.3. The summed E-state index contributed by atoms with van der Waals surface area (Å²) >= 11 is 10.1. The van der Waals surface area contributed by atoms with E-state index in [2.05, 4.69) is 63.5 Å². The molecular formula is C20H13Br3N4O3. The Labute approximate surface area is 196 Å². The van der Waals surface area contributed by atoms with Crippen molar-refractivity contribution >= 4 is 65.3 Å². The third-order valence-corrected chi connectivity index (χ3v) is 6.05. The van der Waals surface area contributed by atoms with Gasteiger partial charge in [0.2, 0.25) is 0 Å². The second kappa shape index (κ2) is 8.37. The van der Waals surface area contributed by atoms with E-state index >= 15 is 0 Å². The summed E-state index contributed by atoms with van der Waals surface area (Å²) in [5, 5.41) is 15.0. The summed E-state index contributed by atoms with van der Waals surface area (Å²) in [5.74, 6) is -0.954. The predicted molar refractivity (Wildman–Crippen MR) is 122 cm³/mol. The molecule has 3 aromatic rings. The van der Waals surface area contributed by atoms with E-state index < -0.39 is 18.0 Å². The highest BCUT2D eigenvalue weighted by molar-refractivity contribution is 9.11. The number of amides is 2. The van der Waals surface area contributed by atoms with Crippen molar-refractivity contribution in [3.05, 3.63) is 85.0 Å². The van der Waals surface area contributed by atoms with E-state index in [9.17, 15) is 14.7 Å². The number of aromatic hydroxyl groups is 1. The molecule has 0 unspecified atom stereocenters. The number of carbonyl (C=O) groups excluding carboxylic acids is 2. The quantitative estimate of drug-likeness (QED) is 0.396. The molecule has 7 nitrogen and oxygen atoms in total. The highest BCUT2D eigenvalue weighted by atomic mass is 79.9. The van der Waals surface area contributed by atoms with E-state index in [-0.39, 0.29) is 5.75 Å². The number of phenols is 1. The molecule has 0 fully saturated rings. The lowest BCUT2D eigenvalue weighted by Gasteiger charge is -2.38. The van der Waals surface area contributed by atoms with Crippen molar-refractivity contribution in [2.24, 2.45) is 0 Å². The molecule has 1 aromatic heterocycles. The lowest BCUT2D eigenvalue weighted by Crippen LogP contribution is -2.52. The number of fused-ring (bicyclic) bond motifs is 1. The molecule has 0 saturated carbocycles. The highest BCUT2D eigenvalue weighted by Crippen LogP contribution is 2.40. The molecule has 1 aliphatic heterocycles. The zero-order chi connectivity index (χ0) is 21.4. The molecule has 0 saturated heterocycles. The number of hydrogen-bond donors (Lipinski definition) is 3. The van der Waals surface area contributed by atoms with Crippen molar-refractivity contribution in [1.82, 2.24) is 15.4 Å². The van der Waals surface area contributed by atoms with Gasteiger partial charge in [0.25, 0.3) is 11.8 Å². The first-order valence-electron chi connectivity index (χ1n) is 8.63. The first-order valence-corrected chi connectivity index (χ1v) is 11.0. The number of phenolic OH excluding ortho intramolecular Hbond substituents is 1. The fraction of sp³-hybridized carbons (Fsp3) is 0.0500. The number of nitrogens with one attached hydrogen (secondary N) is 2. The molecule has 0 aliphatic carbocycles. The van der Waals surface area contributed by atoms with Crippen LogP contribution >= 0.6 is 47.8 Å². The van der Waals surface area contributed by atoms with Crippen LogP contribution in [0.3, 0.4) is 0 Å². The van der Waals surface area contributed by atoms with E-state index in [0.29, 0.717) is 31.3 Å². The summed E-state index contributed by atoms with van der Waals surface area (Å²) in [5.41, 5.74) is 4.36. The molecule has 1 atom stereocenters. The van der Waals surface area contributed by atoms with Crippen LogP contribution in [-0.2, 0) is 0 Å². The van der Waals surface area contributed by atoms with Gasteiger partial charge in [-0.2, -0.15) is 0 Å². The Morgan fingerprint density at radius 3 is 2.53 bits per heavy atom. The van der Waals surface area contributed by atoms with Crippen molar-refractivity contribution in [2.45, 2.75) is 6.17 Å². The van der Waals surface area contributed by atoms with Crippen LogP contribution in [0, 0.1) is 0 Å². The molecule has 152 valence electrons. The number of benzene rings is 2. The van der Waals surface area contributed by atoms with Gasteiger partial charge >= 0.3 is 0 Å². The van der Waals surface area contributed by atoms with Crippen molar-refractivity contribution in [3.63, 3.8) is 0 Å². The van der Waals surface area contributed by atoms with Crippen LogP contribution in [-0.4, -0.2) is 26.9 Å². The molecule has 0 radical (unpaired) electrons. The SMILES string of the molecule is O=C(NN1C(=O)c2cc(Br)ccc2N[C@H]1c1cc(Br)cc(Br)c1O)c1ccncc1. The molecule has 0 spiro atoms. The molecular weight excluding hydrogens is 584 g/mol. The normalized spacial score (nSPS) is 15.4. The van der Waals surface area contributed by atoms with Crippen molar-refractivity contribution in [2.75, 3.05) is 5.32 Å². The van der Waals surface area contributed by atoms with Crippen LogP contribution in [0.15, 0.2) is 68.3 Å². The monoisotopic (exact) mass is 594 g/mol. The Balaban J connectivity index is 1.80. The van der Waals surface area contributed by atoms with Gasteiger partial charge in [-0.25, -0.2) is 5.01 Å². The van der Waals surface area contributed by atoms with Gasteiger partial charge in [0, 0.05) is 38.2 Å². The summed E-state index contributed by atoms with van der Waals surface area (Å²) < 4.78 is 1.87. The zero-order valence-corrected chi connectivity index (χ0v) is 19.8. The summed E-state index contributed by atoms with van der Waals surface area (Å²) in [6.45, 7) is 0. The maximum absolute atomic E-state index is 13.3. The molecule has 2 aromatic carbocycles. The number of hydrazine groups is 1. The Morgan fingerprint density at radius 1 is 1.07 bits per heavy atom. The number of anilines is 1. The Kier molecular flexibility index (Phi) is 5.81. The number of aromatic nitrogens is 1. The first kappa shape index (κ1) is 20.8. The van der Waals surface area contributed by atoms with Crippen molar-refractivity contribution in [1.29, 1.82) is 0 Å². The van der Waals surface area contributed by atoms with Crippen LogP contribution in [0.25, 0.3) is 0 Å². The fourth-order valence-electron chi connectivity index (χ4n) is 3.08. The number of pyridine rings is 1. The molecule has 3 N–H and O–H groups in total. The molecule has 2 heterocycles. The predicted octanol–water partition coefficient (Wildman–Crippen LogP) is 4.99. The Bertz CT molecular complexity index is 1160. The average Bonchev–Trinajstić information content (AvgIpc) is 2.73. The van der Waals surface area contributed by atoms with E-state index in [0.717, 1.165) is 4.47 Å². The Morgan fingerprint density at radius 2 is 1.80 bits per heavy atom. The van der Waals surface area contributed by atoms with Crippen LogP contribution in [0.2, 0.25) is 0 Å². The molecule has 4 rings (SSSR count). The molecule has 0 bridgehead atoms. The lowest BCUT2D eigenvalue weighted by molar-refractivity contribution is 0.0488. The third kappa shape index (κ3) is 3.94. The van der Waals surface area contributed by atoms with Crippen LogP contribution < -0.4 is 10.7 Å². The maximum Gasteiger partial charge on any atom is 0.276 e. The van der Waals surface area contributed by atoms with Crippen LogP contribution in [0.1, 0.15) is 32.4 Å². The number of rotatable bonds is 3. The van der Waals surface area contributed by atoms with Gasteiger partial charge in [-0.05, 0) is 58.4 Å². The summed E-state index contributed by atoms with van der Waals surface area (Å²) in [6, 6.07) is 11.7. The van der Waals surface area contributed by atoms with Gasteiger partial charge in [0.1, 0.15) is 5.75 Å². The summed E-state index contributed by atoms with van der Waals surface area (Å²) in [4.78, 5) is 30.0. The second-order valence-electron chi connectivity index (χ2n) is 6.41. The van der Waals surface area contributed by atoms with Crippen LogP contribution in [0.5, 0.6) is 5.75 Å². The largest absolute Gasteiger partial charge is 0.506 e. The summed E-state index contributed by atoms with van der Waals surface area (Å²) in [7, 11) is 0. The number of carbonyl (C=O) groups is 2. The first-order chi connectivity index (χ1) is 14.3. The number of hydrogen-bond acceptors (Lipinski definition) is 5. The molecule has 2 amide bonds. The topological polar surface area (TPSA) is 94.6 Å². The second-order valence-corrected chi connectivity index (χ2v) is 9.10. The van der Waals surface area contributed by atoms with Gasteiger partial charge < -0.3 is 10.4 Å². The van der Waals surface area contributed by atoms with Crippen molar-refractivity contribution in [3.8, 4) is 5.75 Å². The minimum Gasteiger partial charge on any atom is -0.506 e. The zero-order valence-electron chi connectivity index (χ0n) is 15.1. The van der Waals surface area contributed by atoms with E-state index in [1.165, 1.54) is 17.4 Å². The van der Waals surface area contributed by atoms with E-state index in [4.69, 9.17) is 0 Å². The molecule has 1 aliphatic rings. The minimum absolute atomic E-state index is 0.0489. The lowest BCUT2D eigenvalue weighted by atomic mass is 10.0. The van der Waals surface area contributed by atoms with Gasteiger partial charge in [0.15, 0.2) is 6.17 Å². The van der Waals surface area contributed by atoms with Crippen molar-refractivity contribution < 1.29 is 14.7 Å². The highest BCUT2D eigenvalue weighted by Gasteiger charge is 2.36.